The molecule has 0 saturated heterocycles. The largest absolute Gasteiger partial charge is 0.495 e. The minimum absolute atomic E-state index is 0.611. The van der Waals surface area contributed by atoms with Gasteiger partial charge in [-0.1, -0.05) is 0 Å². The molecule has 1 heterocycles. The monoisotopic (exact) mass is 324 g/mol. The molecule has 0 atom stereocenters. The molecule has 4 N–H and O–H groups in total. The molecule has 3 aromatic rings. The number of hydrogen-bond acceptors (Lipinski definition) is 4. The average Bonchev–Trinajstić information content (AvgIpc) is 2.90. The minimum atomic E-state index is 0.611. The van der Waals surface area contributed by atoms with Crippen molar-refractivity contribution in [1.29, 1.82) is 0 Å². The van der Waals surface area contributed by atoms with E-state index in [9.17, 15) is 0 Å². The van der Waals surface area contributed by atoms with Gasteiger partial charge in [-0.25, -0.2) is 4.98 Å². The van der Waals surface area contributed by atoms with Crippen LogP contribution in [0.1, 0.15) is 17.5 Å². The molecule has 126 valence electrons. The summed E-state index contributed by atoms with van der Waals surface area (Å²) in [5, 5.41) is 0. The van der Waals surface area contributed by atoms with Crippen molar-refractivity contribution in [2.75, 3.05) is 19.4 Å². The number of benzene rings is 2. The standard InChI is InChI=1S/C19H24N4O/c1-12-9-16-17(10-13(12)2)23(8-4-7-20)19(22-16)14-5-6-18(24-3)15(21)11-14/h5-6,9-11H,4,7-8,20-21H2,1-3H3. The molecule has 0 aliphatic heterocycles. The average molecular weight is 324 g/mol. The van der Waals surface area contributed by atoms with Gasteiger partial charge in [0.15, 0.2) is 0 Å². The van der Waals surface area contributed by atoms with Gasteiger partial charge in [0.2, 0.25) is 0 Å². The number of nitrogen functional groups attached to an aromatic ring is 1. The number of nitrogens with two attached hydrogens (primary N) is 2. The zero-order valence-electron chi connectivity index (χ0n) is 14.5. The van der Waals surface area contributed by atoms with Crippen molar-refractivity contribution in [3.63, 3.8) is 0 Å². The summed E-state index contributed by atoms with van der Waals surface area (Å²) in [5.74, 6) is 1.59. The summed E-state index contributed by atoms with van der Waals surface area (Å²) >= 11 is 0. The summed E-state index contributed by atoms with van der Waals surface area (Å²) in [5.41, 5.74) is 18.0. The second-order valence-electron chi connectivity index (χ2n) is 6.11. The Morgan fingerprint density at radius 3 is 2.54 bits per heavy atom. The predicted molar refractivity (Wildman–Crippen MR) is 99.3 cm³/mol. The molecule has 0 fully saturated rings. The fraction of sp³-hybridized carbons (Fsp3) is 0.316. The van der Waals surface area contributed by atoms with E-state index >= 15 is 0 Å². The molecule has 0 unspecified atom stereocenters. The lowest BCUT2D eigenvalue weighted by atomic mass is 10.1. The molecule has 24 heavy (non-hydrogen) atoms. The third-order valence-corrected chi connectivity index (χ3v) is 4.44. The van der Waals surface area contributed by atoms with E-state index in [1.54, 1.807) is 7.11 Å². The first kappa shape index (κ1) is 16.3. The van der Waals surface area contributed by atoms with Gasteiger partial charge in [-0.15, -0.1) is 0 Å². The van der Waals surface area contributed by atoms with Crippen LogP contribution in [0.25, 0.3) is 22.4 Å². The molecule has 0 spiro atoms. The third-order valence-electron chi connectivity index (χ3n) is 4.44. The van der Waals surface area contributed by atoms with E-state index < -0.39 is 0 Å². The van der Waals surface area contributed by atoms with Gasteiger partial charge in [-0.2, -0.15) is 0 Å². The number of aryl methyl sites for hydroxylation is 3. The van der Waals surface area contributed by atoms with Crippen molar-refractivity contribution in [2.45, 2.75) is 26.8 Å². The topological polar surface area (TPSA) is 79.1 Å². The van der Waals surface area contributed by atoms with Crippen LogP contribution in [-0.2, 0) is 6.54 Å². The Hall–Kier alpha value is -2.53. The third kappa shape index (κ3) is 2.83. The Morgan fingerprint density at radius 2 is 1.88 bits per heavy atom. The molecule has 1 aromatic heterocycles. The molecule has 5 nitrogen and oxygen atoms in total. The molecule has 2 aromatic carbocycles. The molecule has 0 aliphatic carbocycles. The van der Waals surface area contributed by atoms with Crippen molar-refractivity contribution >= 4 is 16.7 Å². The van der Waals surface area contributed by atoms with Crippen LogP contribution in [-0.4, -0.2) is 23.2 Å². The first-order chi connectivity index (χ1) is 11.5. The van der Waals surface area contributed by atoms with Crippen LogP contribution < -0.4 is 16.2 Å². The molecule has 0 radical (unpaired) electrons. The normalized spacial score (nSPS) is 11.2. The first-order valence-corrected chi connectivity index (χ1v) is 8.16. The van der Waals surface area contributed by atoms with Gasteiger partial charge in [0, 0.05) is 12.1 Å². The van der Waals surface area contributed by atoms with E-state index in [1.807, 2.05) is 18.2 Å². The Kier molecular flexibility index (Phi) is 4.44. The van der Waals surface area contributed by atoms with Crippen molar-refractivity contribution in [1.82, 2.24) is 9.55 Å². The van der Waals surface area contributed by atoms with Crippen molar-refractivity contribution in [3.05, 3.63) is 41.5 Å². The van der Waals surface area contributed by atoms with Crippen LogP contribution in [0.3, 0.4) is 0 Å². The molecule has 0 amide bonds. The van der Waals surface area contributed by atoms with E-state index in [4.69, 9.17) is 21.2 Å². The number of nitrogens with zero attached hydrogens (tertiary/aromatic N) is 2. The molecular formula is C19H24N4O. The number of aromatic nitrogens is 2. The smallest absolute Gasteiger partial charge is 0.141 e. The number of ether oxygens (including phenoxy) is 1. The molecule has 0 aliphatic rings. The molecule has 5 heteroatoms. The SMILES string of the molecule is COc1ccc(-c2nc3cc(C)c(C)cc3n2CCCN)cc1N. The Bertz CT molecular complexity index is 883. The maximum Gasteiger partial charge on any atom is 0.141 e. The fourth-order valence-electron chi connectivity index (χ4n) is 2.95. The van der Waals surface area contributed by atoms with Gasteiger partial charge in [0.1, 0.15) is 11.6 Å². The van der Waals surface area contributed by atoms with Gasteiger partial charge in [0.25, 0.3) is 0 Å². The lowest BCUT2D eigenvalue weighted by Crippen LogP contribution is -2.07. The number of hydrogen-bond donors (Lipinski definition) is 2. The van der Waals surface area contributed by atoms with Crippen molar-refractivity contribution in [3.8, 4) is 17.1 Å². The molecule has 0 bridgehead atoms. The quantitative estimate of drug-likeness (QED) is 0.706. The highest BCUT2D eigenvalue weighted by Crippen LogP contribution is 2.31. The van der Waals surface area contributed by atoms with E-state index in [-0.39, 0.29) is 0 Å². The van der Waals surface area contributed by atoms with Crippen LogP contribution in [0.4, 0.5) is 5.69 Å². The zero-order valence-corrected chi connectivity index (χ0v) is 14.5. The molecule has 0 saturated carbocycles. The summed E-state index contributed by atoms with van der Waals surface area (Å²) in [4.78, 5) is 4.86. The summed E-state index contributed by atoms with van der Waals surface area (Å²) < 4.78 is 7.48. The first-order valence-electron chi connectivity index (χ1n) is 8.16. The summed E-state index contributed by atoms with van der Waals surface area (Å²) in [6.07, 6.45) is 0.900. The Labute approximate surface area is 142 Å². The van der Waals surface area contributed by atoms with E-state index in [0.29, 0.717) is 18.0 Å². The highest BCUT2D eigenvalue weighted by atomic mass is 16.5. The van der Waals surface area contributed by atoms with E-state index in [1.165, 1.54) is 11.1 Å². The van der Waals surface area contributed by atoms with Gasteiger partial charge in [-0.3, -0.25) is 0 Å². The Balaban J connectivity index is 2.20. The number of anilines is 1. The van der Waals surface area contributed by atoms with Crippen LogP contribution in [0.15, 0.2) is 30.3 Å². The maximum absolute atomic E-state index is 6.08. The molecule has 3 rings (SSSR count). The summed E-state index contributed by atoms with van der Waals surface area (Å²) in [7, 11) is 1.62. The van der Waals surface area contributed by atoms with E-state index in [0.717, 1.165) is 35.4 Å². The molecular weight excluding hydrogens is 300 g/mol. The lowest BCUT2D eigenvalue weighted by molar-refractivity contribution is 0.417. The summed E-state index contributed by atoms with van der Waals surface area (Å²) in [6.45, 7) is 5.71. The predicted octanol–water partition coefficient (Wildman–Crippen LogP) is 3.26. The van der Waals surface area contributed by atoms with Crippen LogP contribution in [0, 0.1) is 13.8 Å². The van der Waals surface area contributed by atoms with Crippen molar-refractivity contribution in [2.24, 2.45) is 5.73 Å². The van der Waals surface area contributed by atoms with Crippen LogP contribution in [0.2, 0.25) is 0 Å². The van der Waals surface area contributed by atoms with Crippen LogP contribution in [0.5, 0.6) is 5.75 Å². The van der Waals surface area contributed by atoms with Gasteiger partial charge in [0.05, 0.1) is 23.8 Å². The highest BCUT2D eigenvalue weighted by Gasteiger charge is 2.14. The van der Waals surface area contributed by atoms with Gasteiger partial charge in [-0.05, 0) is 68.3 Å². The van der Waals surface area contributed by atoms with Crippen LogP contribution >= 0.6 is 0 Å². The highest BCUT2D eigenvalue weighted by molar-refractivity contribution is 5.83. The number of fused-ring (bicyclic) bond motifs is 1. The maximum atomic E-state index is 6.08. The zero-order chi connectivity index (χ0) is 17.3. The Morgan fingerprint density at radius 1 is 1.12 bits per heavy atom. The van der Waals surface area contributed by atoms with Crippen molar-refractivity contribution < 1.29 is 4.74 Å². The lowest BCUT2D eigenvalue weighted by Gasteiger charge is -2.11. The second-order valence-corrected chi connectivity index (χ2v) is 6.11. The van der Waals surface area contributed by atoms with Gasteiger partial charge >= 0.3 is 0 Å². The fourth-order valence-corrected chi connectivity index (χ4v) is 2.95. The number of rotatable bonds is 5. The summed E-state index contributed by atoms with van der Waals surface area (Å²) in [6, 6.07) is 10.1. The number of imidazole rings is 1. The van der Waals surface area contributed by atoms with E-state index in [2.05, 4.69) is 30.5 Å². The second kappa shape index (κ2) is 6.53. The number of methoxy groups -OCH3 is 1. The van der Waals surface area contributed by atoms with Gasteiger partial charge < -0.3 is 20.8 Å². The minimum Gasteiger partial charge on any atom is -0.495 e.